The average Bonchev–Trinajstić information content (AvgIpc) is 2.78. The van der Waals surface area contributed by atoms with Gasteiger partial charge in [-0.2, -0.15) is 10.2 Å². The summed E-state index contributed by atoms with van der Waals surface area (Å²) in [5, 5.41) is 24.2. The van der Waals surface area contributed by atoms with Crippen LogP contribution in [-0.2, 0) is 0 Å². The molecule has 7 heteroatoms. The fourth-order valence-electron chi connectivity index (χ4n) is 1.64. The number of nitrogens with two attached hydrogens (primary N) is 1. The standard InChI is InChI=1S/C11H14N6O/c1-6-4-13-17(5-6)11-9(10(12)16-18)7(2)8(3)14-15-11/h4-5,18H,1-3H3,(H2,12,16). The molecule has 0 saturated carbocycles. The summed E-state index contributed by atoms with van der Waals surface area (Å²) in [6, 6.07) is 0. The Labute approximate surface area is 104 Å². The van der Waals surface area contributed by atoms with Gasteiger partial charge in [-0.3, -0.25) is 0 Å². The van der Waals surface area contributed by atoms with Crippen LogP contribution in [0.4, 0.5) is 0 Å². The molecule has 0 aliphatic carbocycles. The average molecular weight is 246 g/mol. The summed E-state index contributed by atoms with van der Waals surface area (Å²) in [7, 11) is 0. The Kier molecular flexibility index (Phi) is 2.97. The van der Waals surface area contributed by atoms with Gasteiger partial charge < -0.3 is 10.9 Å². The minimum atomic E-state index is -0.00588. The van der Waals surface area contributed by atoms with Crippen LogP contribution in [0.1, 0.15) is 22.4 Å². The first kappa shape index (κ1) is 12.0. The first-order valence-corrected chi connectivity index (χ1v) is 5.38. The molecule has 18 heavy (non-hydrogen) atoms. The van der Waals surface area contributed by atoms with Crippen LogP contribution in [0.5, 0.6) is 0 Å². The SMILES string of the molecule is Cc1cnn(-c2nnc(C)c(C)c2/C(N)=N/O)c1. The lowest BCUT2D eigenvalue weighted by molar-refractivity contribution is 0.318. The maximum Gasteiger partial charge on any atom is 0.187 e. The second-order valence-corrected chi connectivity index (χ2v) is 4.06. The van der Waals surface area contributed by atoms with Gasteiger partial charge in [0.15, 0.2) is 11.7 Å². The van der Waals surface area contributed by atoms with Crippen molar-refractivity contribution in [3.63, 3.8) is 0 Å². The van der Waals surface area contributed by atoms with Crippen LogP contribution >= 0.6 is 0 Å². The zero-order valence-corrected chi connectivity index (χ0v) is 10.4. The molecular formula is C11H14N6O. The highest BCUT2D eigenvalue weighted by molar-refractivity contribution is 6.01. The summed E-state index contributed by atoms with van der Waals surface area (Å²) < 4.78 is 1.56. The molecule has 0 radical (unpaired) electrons. The Balaban J connectivity index is 2.71. The number of amidine groups is 1. The fourth-order valence-corrected chi connectivity index (χ4v) is 1.64. The normalized spacial score (nSPS) is 11.8. The van der Waals surface area contributed by atoms with Gasteiger partial charge in [0.1, 0.15) is 0 Å². The highest BCUT2D eigenvalue weighted by Crippen LogP contribution is 2.17. The first-order valence-electron chi connectivity index (χ1n) is 5.38. The van der Waals surface area contributed by atoms with E-state index >= 15 is 0 Å². The molecule has 2 aromatic rings. The second kappa shape index (κ2) is 4.44. The van der Waals surface area contributed by atoms with E-state index in [1.807, 2.05) is 20.8 Å². The van der Waals surface area contributed by atoms with Crippen LogP contribution in [0.2, 0.25) is 0 Å². The van der Waals surface area contributed by atoms with Gasteiger partial charge in [-0.05, 0) is 31.9 Å². The molecule has 0 aromatic carbocycles. The summed E-state index contributed by atoms with van der Waals surface area (Å²) in [6.45, 7) is 5.58. The highest BCUT2D eigenvalue weighted by atomic mass is 16.4. The molecule has 0 spiro atoms. The lowest BCUT2D eigenvalue weighted by Gasteiger charge is -2.11. The minimum absolute atomic E-state index is 0.00588. The molecule has 0 bridgehead atoms. The van der Waals surface area contributed by atoms with Gasteiger partial charge >= 0.3 is 0 Å². The molecule has 0 atom stereocenters. The highest BCUT2D eigenvalue weighted by Gasteiger charge is 2.17. The monoisotopic (exact) mass is 246 g/mol. The lowest BCUT2D eigenvalue weighted by Crippen LogP contribution is -2.21. The molecular weight excluding hydrogens is 232 g/mol. The first-order chi connectivity index (χ1) is 8.54. The van der Waals surface area contributed by atoms with Gasteiger partial charge in [0.25, 0.3) is 0 Å². The number of hydrogen-bond donors (Lipinski definition) is 2. The van der Waals surface area contributed by atoms with Crippen molar-refractivity contribution in [1.29, 1.82) is 0 Å². The van der Waals surface area contributed by atoms with Crippen LogP contribution in [-0.4, -0.2) is 31.0 Å². The summed E-state index contributed by atoms with van der Waals surface area (Å²) in [5.74, 6) is 0.440. The summed E-state index contributed by atoms with van der Waals surface area (Å²) in [6.07, 6.45) is 3.50. The number of nitrogens with zero attached hydrogens (tertiary/aromatic N) is 5. The molecule has 2 heterocycles. The van der Waals surface area contributed by atoms with E-state index in [2.05, 4.69) is 20.5 Å². The van der Waals surface area contributed by atoms with E-state index in [4.69, 9.17) is 10.9 Å². The molecule has 3 N–H and O–H groups in total. The molecule has 0 saturated heterocycles. The Morgan fingerprint density at radius 1 is 1.33 bits per heavy atom. The van der Waals surface area contributed by atoms with Crippen LogP contribution in [0.3, 0.4) is 0 Å². The second-order valence-electron chi connectivity index (χ2n) is 4.06. The zero-order chi connectivity index (χ0) is 13.3. The van der Waals surface area contributed by atoms with E-state index < -0.39 is 0 Å². The van der Waals surface area contributed by atoms with Gasteiger partial charge in [0, 0.05) is 6.20 Å². The van der Waals surface area contributed by atoms with Gasteiger partial charge in [0.2, 0.25) is 0 Å². The Hall–Kier alpha value is -2.44. The van der Waals surface area contributed by atoms with E-state index in [0.717, 1.165) is 16.8 Å². The van der Waals surface area contributed by atoms with Crippen molar-refractivity contribution in [1.82, 2.24) is 20.0 Å². The fraction of sp³-hybridized carbons (Fsp3) is 0.273. The summed E-state index contributed by atoms with van der Waals surface area (Å²) in [5.41, 5.74) is 8.76. The van der Waals surface area contributed by atoms with Crippen LogP contribution < -0.4 is 5.73 Å². The Bertz CT molecular complexity index is 616. The third-order valence-corrected chi connectivity index (χ3v) is 2.73. The predicted molar refractivity (Wildman–Crippen MR) is 65.9 cm³/mol. The maximum atomic E-state index is 8.87. The number of oxime groups is 1. The van der Waals surface area contributed by atoms with Crippen molar-refractivity contribution in [3.8, 4) is 5.82 Å². The molecule has 0 amide bonds. The van der Waals surface area contributed by atoms with E-state index in [9.17, 15) is 0 Å². The largest absolute Gasteiger partial charge is 0.409 e. The number of aryl methyl sites for hydroxylation is 2. The lowest BCUT2D eigenvalue weighted by atomic mass is 10.1. The summed E-state index contributed by atoms with van der Waals surface area (Å²) in [4.78, 5) is 0. The third kappa shape index (κ3) is 1.90. The van der Waals surface area contributed by atoms with Crippen molar-refractivity contribution in [2.75, 3.05) is 0 Å². The van der Waals surface area contributed by atoms with Crippen molar-refractivity contribution in [2.45, 2.75) is 20.8 Å². The molecule has 2 aromatic heterocycles. The topological polar surface area (TPSA) is 102 Å². The van der Waals surface area contributed by atoms with Gasteiger partial charge in [-0.25, -0.2) is 4.68 Å². The number of rotatable bonds is 2. The zero-order valence-electron chi connectivity index (χ0n) is 10.4. The molecule has 0 aliphatic heterocycles. The van der Waals surface area contributed by atoms with Crippen LogP contribution in [0, 0.1) is 20.8 Å². The van der Waals surface area contributed by atoms with E-state index in [1.165, 1.54) is 0 Å². The summed E-state index contributed by atoms with van der Waals surface area (Å²) >= 11 is 0. The Morgan fingerprint density at radius 3 is 2.61 bits per heavy atom. The number of aromatic nitrogens is 4. The molecule has 2 rings (SSSR count). The smallest absolute Gasteiger partial charge is 0.187 e. The van der Waals surface area contributed by atoms with Crippen LogP contribution in [0.25, 0.3) is 5.82 Å². The van der Waals surface area contributed by atoms with Crippen molar-refractivity contribution >= 4 is 5.84 Å². The Morgan fingerprint density at radius 2 is 2.06 bits per heavy atom. The van der Waals surface area contributed by atoms with Gasteiger partial charge in [-0.15, -0.1) is 5.10 Å². The van der Waals surface area contributed by atoms with Crippen molar-refractivity contribution in [3.05, 3.63) is 34.8 Å². The molecule has 7 nitrogen and oxygen atoms in total. The van der Waals surface area contributed by atoms with E-state index in [0.29, 0.717) is 11.4 Å². The quantitative estimate of drug-likeness (QED) is 0.351. The minimum Gasteiger partial charge on any atom is -0.409 e. The van der Waals surface area contributed by atoms with Gasteiger partial charge in [0.05, 0.1) is 17.5 Å². The molecule has 0 fully saturated rings. The number of hydrogen-bond acceptors (Lipinski definition) is 5. The third-order valence-electron chi connectivity index (χ3n) is 2.73. The van der Waals surface area contributed by atoms with Crippen LogP contribution in [0.15, 0.2) is 17.5 Å². The predicted octanol–water partition coefficient (Wildman–Crippen LogP) is 0.682. The van der Waals surface area contributed by atoms with Gasteiger partial charge in [-0.1, -0.05) is 5.16 Å². The van der Waals surface area contributed by atoms with E-state index in [-0.39, 0.29) is 5.84 Å². The van der Waals surface area contributed by atoms with Crippen molar-refractivity contribution < 1.29 is 5.21 Å². The molecule has 0 aliphatic rings. The van der Waals surface area contributed by atoms with E-state index in [1.54, 1.807) is 17.1 Å². The maximum absolute atomic E-state index is 8.87. The molecule has 94 valence electrons. The van der Waals surface area contributed by atoms with Crippen molar-refractivity contribution in [2.24, 2.45) is 10.9 Å². The molecule has 0 unspecified atom stereocenters.